The molecule has 2 aromatic heterocycles. The van der Waals surface area contributed by atoms with E-state index in [0.29, 0.717) is 22.8 Å². The Kier molecular flexibility index (Phi) is 6.05. The van der Waals surface area contributed by atoms with Crippen LogP contribution in [0.4, 0.5) is 5.95 Å². The van der Waals surface area contributed by atoms with Crippen LogP contribution < -0.4 is 5.32 Å². The van der Waals surface area contributed by atoms with Crippen LogP contribution in [0.25, 0.3) is 0 Å². The minimum atomic E-state index is 0.355. The van der Waals surface area contributed by atoms with Crippen LogP contribution in [-0.2, 0) is 12.8 Å². The third-order valence-corrected chi connectivity index (χ3v) is 6.05. The van der Waals surface area contributed by atoms with Crippen molar-refractivity contribution in [3.05, 3.63) is 47.5 Å². The predicted octanol–water partition coefficient (Wildman–Crippen LogP) is 4.40. The van der Waals surface area contributed by atoms with Crippen molar-refractivity contribution in [3.63, 3.8) is 0 Å². The Hall–Kier alpha value is -2.48. The summed E-state index contributed by atoms with van der Waals surface area (Å²) in [6.45, 7) is 7.82. The van der Waals surface area contributed by atoms with E-state index >= 15 is 0 Å². The maximum Gasteiger partial charge on any atom is 0.222 e. The van der Waals surface area contributed by atoms with E-state index in [1.165, 1.54) is 24.8 Å². The summed E-state index contributed by atoms with van der Waals surface area (Å²) in [5.41, 5.74) is 3.02. The number of rotatable bonds is 6. The molecular weight excluding hydrogens is 334 g/mol. The van der Waals surface area contributed by atoms with Gasteiger partial charge in [-0.3, -0.25) is 4.98 Å². The summed E-state index contributed by atoms with van der Waals surface area (Å²) in [6.07, 6.45) is 10.7. The Labute approximate surface area is 162 Å². The van der Waals surface area contributed by atoms with E-state index < -0.39 is 0 Å². The Bertz CT molecular complexity index is 794. The van der Waals surface area contributed by atoms with Gasteiger partial charge in [-0.25, -0.2) is 9.97 Å². The van der Waals surface area contributed by atoms with Crippen LogP contribution in [0, 0.1) is 28.6 Å². The Morgan fingerprint density at radius 1 is 1.30 bits per heavy atom. The smallest absolute Gasteiger partial charge is 0.222 e. The molecule has 0 bridgehead atoms. The summed E-state index contributed by atoms with van der Waals surface area (Å²) in [4.78, 5) is 13.1. The molecule has 2 atom stereocenters. The first kappa shape index (κ1) is 19.3. The van der Waals surface area contributed by atoms with Gasteiger partial charge in [0, 0.05) is 18.9 Å². The Morgan fingerprint density at radius 3 is 2.85 bits per heavy atom. The molecule has 3 rings (SSSR count). The Balaban J connectivity index is 1.64. The van der Waals surface area contributed by atoms with Crippen molar-refractivity contribution in [1.82, 2.24) is 15.0 Å². The lowest BCUT2D eigenvalue weighted by atomic mass is 9.65. The van der Waals surface area contributed by atoms with Gasteiger partial charge < -0.3 is 5.32 Å². The van der Waals surface area contributed by atoms with Crippen LogP contribution in [0.1, 0.15) is 56.9 Å². The van der Waals surface area contributed by atoms with Gasteiger partial charge in [0.25, 0.3) is 0 Å². The fraction of sp³-hybridized carbons (Fsp3) is 0.545. The van der Waals surface area contributed by atoms with E-state index in [2.05, 4.69) is 53.2 Å². The second kappa shape index (κ2) is 8.47. The molecule has 27 heavy (non-hydrogen) atoms. The van der Waals surface area contributed by atoms with Crippen molar-refractivity contribution in [3.8, 4) is 6.07 Å². The average Bonchev–Trinajstić information content (AvgIpc) is 2.66. The van der Waals surface area contributed by atoms with Gasteiger partial charge in [-0.1, -0.05) is 26.8 Å². The molecule has 5 heteroatoms. The van der Waals surface area contributed by atoms with Crippen molar-refractivity contribution in [1.29, 1.82) is 5.26 Å². The molecule has 2 heterocycles. The first-order chi connectivity index (χ1) is 13.0. The van der Waals surface area contributed by atoms with E-state index in [1.54, 1.807) is 12.4 Å². The summed E-state index contributed by atoms with van der Waals surface area (Å²) in [5.74, 6) is 1.94. The second-order valence-electron chi connectivity index (χ2n) is 8.45. The molecule has 0 spiro atoms. The van der Waals surface area contributed by atoms with Crippen LogP contribution in [0.15, 0.2) is 30.7 Å². The molecule has 0 unspecified atom stereocenters. The third-order valence-electron chi connectivity index (χ3n) is 6.05. The third kappa shape index (κ3) is 5.03. The lowest BCUT2D eigenvalue weighted by Crippen LogP contribution is -2.31. The number of nitriles is 1. The van der Waals surface area contributed by atoms with E-state index in [9.17, 15) is 5.26 Å². The number of hydrogen-bond donors (Lipinski definition) is 1. The normalized spacial score (nSPS) is 21.4. The highest BCUT2D eigenvalue weighted by atomic mass is 15.1. The average molecular weight is 364 g/mol. The lowest BCUT2D eigenvalue weighted by Gasteiger charge is -2.40. The summed E-state index contributed by atoms with van der Waals surface area (Å²) in [7, 11) is 0. The topological polar surface area (TPSA) is 74.5 Å². The van der Waals surface area contributed by atoms with Gasteiger partial charge in [0.2, 0.25) is 5.95 Å². The van der Waals surface area contributed by atoms with Crippen molar-refractivity contribution in [2.45, 2.75) is 52.9 Å². The van der Waals surface area contributed by atoms with Crippen LogP contribution in [0.2, 0.25) is 0 Å². The zero-order valence-corrected chi connectivity index (χ0v) is 16.6. The van der Waals surface area contributed by atoms with Gasteiger partial charge in [-0.2, -0.15) is 5.26 Å². The molecule has 1 aliphatic rings. The highest BCUT2D eigenvalue weighted by molar-refractivity contribution is 5.37. The highest BCUT2D eigenvalue weighted by Crippen LogP contribution is 2.44. The first-order valence-electron chi connectivity index (χ1n) is 9.86. The molecule has 2 aromatic rings. The van der Waals surface area contributed by atoms with Gasteiger partial charge >= 0.3 is 0 Å². The molecule has 0 radical (unpaired) electrons. The number of nitrogens with one attached hydrogen (secondary N) is 1. The molecule has 1 N–H and O–H groups in total. The van der Waals surface area contributed by atoms with E-state index in [0.717, 1.165) is 31.0 Å². The van der Waals surface area contributed by atoms with E-state index in [1.807, 2.05) is 12.3 Å². The number of aromatic nitrogens is 3. The Morgan fingerprint density at radius 2 is 2.15 bits per heavy atom. The van der Waals surface area contributed by atoms with E-state index in [4.69, 9.17) is 0 Å². The van der Waals surface area contributed by atoms with Gasteiger partial charge in [-0.15, -0.1) is 0 Å². The molecule has 1 aliphatic carbocycles. The molecule has 0 amide bonds. The maximum atomic E-state index is 9.45. The standard InChI is InChI=1S/C22H29N5/c1-16-6-7-18(12-22(16,2)3)11-20-19(13-23)15-26-21(27-20)25-10-8-17-5-4-9-24-14-17/h4-5,9,14-16,18H,6-8,10-12H2,1-3H3,(H,25,26,27)/t16-,18-/m0/s1. The van der Waals surface area contributed by atoms with Crippen LogP contribution in [0.5, 0.6) is 0 Å². The predicted molar refractivity (Wildman–Crippen MR) is 107 cm³/mol. The fourth-order valence-corrected chi connectivity index (χ4v) is 3.99. The fourth-order valence-electron chi connectivity index (χ4n) is 3.99. The van der Waals surface area contributed by atoms with Crippen LogP contribution in [0.3, 0.4) is 0 Å². The molecule has 1 fully saturated rings. The monoisotopic (exact) mass is 363 g/mol. The largest absolute Gasteiger partial charge is 0.354 e. The minimum Gasteiger partial charge on any atom is -0.354 e. The van der Waals surface area contributed by atoms with Crippen LogP contribution >= 0.6 is 0 Å². The zero-order valence-electron chi connectivity index (χ0n) is 16.6. The van der Waals surface area contributed by atoms with Gasteiger partial charge in [0.05, 0.1) is 17.5 Å². The summed E-state index contributed by atoms with van der Waals surface area (Å²) in [5, 5.41) is 12.7. The lowest BCUT2D eigenvalue weighted by molar-refractivity contribution is 0.107. The second-order valence-corrected chi connectivity index (χ2v) is 8.45. The van der Waals surface area contributed by atoms with Crippen molar-refractivity contribution in [2.24, 2.45) is 17.3 Å². The molecule has 0 saturated heterocycles. The van der Waals surface area contributed by atoms with Gasteiger partial charge in [0.15, 0.2) is 0 Å². The molecule has 5 nitrogen and oxygen atoms in total. The van der Waals surface area contributed by atoms with E-state index in [-0.39, 0.29) is 0 Å². The molecule has 142 valence electrons. The van der Waals surface area contributed by atoms with Crippen LogP contribution in [-0.4, -0.2) is 21.5 Å². The number of nitrogens with zero attached hydrogens (tertiary/aromatic N) is 4. The SMILES string of the molecule is C[C@H]1CC[C@@H](Cc2nc(NCCc3cccnc3)ncc2C#N)CC1(C)C. The quantitative estimate of drug-likeness (QED) is 0.823. The number of pyridine rings is 1. The van der Waals surface area contributed by atoms with Crippen molar-refractivity contribution in [2.75, 3.05) is 11.9 Å². The first-order valence-corrected chi connectivity index (χ1v) is 9.86. The number of hydrogen-bond acceptors (Lipinski definition) is 5. The maximum absolute atomic E-state index is 9.45. The highest BCUT2D eigenvalue weighted by Gasteiger charge is 2.34. The molecule has 1 saturated carbocycles. The summed E-state index contributed by atoms with van der Waals surface area (Å²) in [6, 6.07) is 6.27. The zero-order chi connectivity index (χ0) is 19.3. The van der Waals surface area contributed by atoms with Gasteiger partial charge in [0.1, 0.15) is 6.07 Å². The molecule has 0 aliphatic heterocycles. The summed E-state index contributed by atoms with van der Waals surface area (Å²) < 4.78 is 0. The van der Waals surface area contributed by atoms with Crippen molar-refractivity contribution < 1.29 is 0 Å². The molecule has 0 aromatic carbocycles. The van der Waals surface area contributed by atoms with Crippen molar-refractivity contribution >= 4 is 5.95 Å². The summed E-state index contributed by atoms with van der Waals surface area (Å²) >= 11 is 0. The minimum absolute atomic E-state index is 0.355. The van der Waals surface area contributed by atoms with Gasteiger partial charge in [-0.05, 0) is 61.0 Å². The molecular formula is C22H29N5. The number of anilines is 1.